The van der Waals surface area contributed by atoms with E-state index in [0.29, 0.717) is 11.0 Å². The second kappa shape index (κ2) is 8.35. The normalized spacial score (nSPS) is 15.1. The zero-order valence-electron chi connectivity index (χ0n) is 16.4. The number of aromatic nitrogens is 4. The first-order valence-corrected chi connectivity index (χ1v) is 10.5. The molecule has 2 aromatic heterocycles. The second-order valence-electron chi connectivity index (χ2n) is 7.15. The van der Waals surface area contributed by atoms with Crippen LogP contribution in [0.15, 0.2) is 30.6 Å². The molecule has 0 spiro atoms. The van der Waals surface area contributed by atoms with E-state index in [0.717, 1.165) is 48.4 Å². The maximum atomic E-state index is 6.58. The van der Waals surface area contributed by atoms with Gasteiger partial charge in [0, 0.05) is 30.9 Å². The monoisotopic (exact) mass is 399 g/mol. The highest BCUT2D eigenvalue weighted by Crippen LogP contribution is 2.36. The zero-order valence-corrected chi connectivity index (χ0v) is 17.2. The summed E-state index contributed by atoms with van der Waals surface area (Å²) in [5.74, 6) is 2.15. The summed E-state index contributed by atoms with van der Waals surface area (Å²) in [6, 6.07) is 5.75. The van der Waals surface area contributed by atoms with E-state index in [4.69, 9.17) is 26.3 Å². The van der Waals surface area contributed by atoms with Crippen molar-refractivity contribution in [2.45, 2.75) is 52.1 Å². The predicted octanol–water partition coefficient (Wildman–Crippen LogP) is 5.03. The van der Waals surface area contributed by atoms with Crippen molar-refractivity contribution < 1.29 is 4.74 Å². The summed E-state index contributed by atoms with van der Waals surface area (Å²) < 4.78 is 7.95. The topological polar surface area (TPSA) is 56.1 Å². The molecule has 6 nitrogen and oxygen atoms in total. The third-order valence-electron chi connectivity index (χ3n) is 5.34. The third-order valence-corrected chi connectivity index (χ3v) is 5.63. The number of rotatable bonds is 6. The zero-order chi connectivity index (χ0) is 19.5. The lowest BCUT2D eigenvalue weighted by Gasteiger charge is -2.25. The van der Waals surface area contributed by atoms with E-state index in [1.807, 2.05) is 24.4 Å². The Balaban J connectivity index is 1.81. The molecule has 1 aliphatic rings. The summed E-state index contributed by atoms with van der Waals surface area (Å²) in [4.78, 5) is 11.7. The van der Waals surface area contributed by atoms with Crippen molar-refractivity contribution in [3.05, 3.63) is 35.6 Å². The first kappa shape index (κ1) is 19.0. The Bertz CT molecular complexity index is 934. The maximum absolute atomic E-state index is 6.58. The molecule has 0 atom stereocenters. The minimum atomic E-state index is 0.241. The molecule has 148 valence electrons. The molecule has 0 saturated heterocycles. The van der Waals surface area contributed by atoms with E-state index in [1.54, 1.807) is 10.9 Å². The van der Waals surface area contributed by atoms with Crippen LogP contribution in [-0.4, -0.2) is 38.9 Å². The van der Waals surface area contributed by atoms with E-state index in [1.165, 1.54) is 19.3 Å². The van der Waals surface area contributed by atoms with Gasteiger partial charge in [-0.15, -0.1) is 0 Å². The lowest BCUT2D eigenvalue weighted by atomic mass is 9.98. The Hall–Kier alpha value is -2.34. The van der Waals surface area contributed by atoms with Gasteiger partial charge in [0.2, 0.25) is 0 Å². The summed E-state index contributed by atoms with van der Waals surface area (Å²) in [6.45, 7) is 5.95. The number of ether oxygens (including phenoxy) is 1. The van der Waals surface area contributed by atoms with Crippen molar-refractivity contribution in [2.75, 3.05) is 18.0 Å². The van der Waals surface area contributed by atoms with Crippen molar-refractivity contribution in [3.8, 4) is 11.7 Å². The van der Waals surface area contributed by atoms with Gasteiger partial charge in [-0.2, -0.15) is 10.1 Å². The minimum Gasteiger partial charge on any atom is -0.489 e. The Kier molecular flexibility index (Phi) is 5.67. The molecule has 0 N–H and O–H groups in total. The fourth-order valence-electron chi connectivity index (χ4n) is 3.81. The number of halogens is 1. The van der Waals surface area contributed by atoms with Gasteiger partial charge in [0.05, 0.1) is 16.6 Å². The van der Waals surface area contributed by atoms with E-state index < -0.39 is 0 Å². The average molecular weight is 400 g/mol. The molecular weight excluding hydrogens is 374 g/mol. The van der Waals surface area contributed by atoms with E-state index >= 15 is 0 Å². The fraction of sp³-hybridized carbons (Fsp3) is 0.476. The van der Waals surface area contributed by atoms with Crippen molar-refractivity contribution in [3.63, 3.8) is 0 Å². The van der Waals surface area contributed by atoms with Gasteiger partial charge in [-0.05, 0) is 57.7 Å². The van der Waals surface area contributed by atoms with E-state index in [2.05, 4.69) is 23.8 Å². The van der Waals surface area contributed by atoms with Crippen molar-refractivity contribution in [1.82, 2.24) is 19.7 Å². The van der Waals surface area contributed by atoms with Gasteiger partial charge < -0.3 is 9.64 Å². The Morgan fingerprint density at radius 1 is 1.14 bits per heavy atom. The quantitative estimate of drug-likeness (QED) is 0.582. The van der Waals surface area contributed by atoms with Crippen molar-refractivity contribution >= 4 is 28.3 Å². The SMILES string of the molecule is CCN(CC)c1nc(-n2cccn2)nc2cc(Cl)c(OC3CCCCC3)cc12. The largest absolute Gasteiger partial charge is 0.489 e. The van der Waals surface area contributed by atoms with E-state index in [9.17, 15) is 0 Å². The molecule has 0 aliphatic heterocycles. The second-order valence-corrected chi connectivity index (χ2v) is 7.55. The molecule has 1 aromatic carbocycles. The molecule has 1 saturated carbocycles. The minimum absolute atomic E-state index is 0.241. The third kappa shape index (κ3) is 3.78. The van der Waals surface area contributed by atoms with Crippen LogP contribution in [0.4, 0.5) is 5.82 Å². The van der Waals surface area contributed by atoms with Gasteiger partial charge in [0.25, 0.3) is 5.95 Å². The van der Waals surface area contributed by atoms with Crippen LogP contribution < -0.4 is 9.64 Å². The molecule has 0 radical (unpaired) electrons. The number of hydrogen-bond acceptors (Lipinski definition) is 5. The maximum Gasteiger partial charge on any atom is 0.253 e. The average Bonchev–Trinajstić information content (AvgIpc) is 3.25. The van der Waals surface area contributed by atoms with Crippen LogP contribution in [0.1, 0.15) is 46.0 Å². The standard InChI is InChI=1S/C21H26ClN5O/c1-3-26(4-2)20-16-13-19(28-15-9-6-5-7-10-15)17(22)14-18(16)24-21(25-20)27-12-8-11-23-27/h8,11-15H,3-7,9-10H2,1-2H3. The summed E-state index contributed by atoms with van der Waals surface area (Å²) >= 11 is 6.58. The molecule has 0 bridgehead atoms. The highest BCUT2D eigenvalue weighted by Gasteiger charge is 2.20. The van der Waals surface area contributed by atoms with Gasteiger partial charge >= 0.3 is 0 Å². The Morgan fingerprint density at radius 3 is 2.61 bits per heavy atom. The molecule has 4 rings (SSSR count). The molecule has 1 aliphatic carbocycles. The number of anilines is 1. The lowest BCUT2D eigenvalue weighted by Crippen LogP contribution is -2.24. The lowest BCUT2D eigenvalue weighted by molar-refractivity contribution is 0.155. The molecule has 0 unspecified atom stereocenters. The van der Waals surface area contributed by atoms with E-state index in [-0.39, 0.29) is 6.10 Å². The summed E-state index contributed by atoms with van der Waals surface area (Å²) in [5, 5.41) is 5.82. The van der Waals surface area contributed by atoms with Gasteiger partial charge in [0.15, 0.2) is 0 Å². The van der Waals surface area contributed by atoms with Crippen LogP contribution in [0.25, 0.3) is 16.9 Å². The van der Waals surface area contributed by atoms with Crippen LogP contribution in [-0.2, 0) is 0 Å². The van der Waals surface area contributed by atoms with Crippen LogP contribution in [0, 0.1) is 0 Å². The summed E-state index contributed by atoms with van der Waals surface area (Å²) in [7, 11) is 0. The first-order chi connectivity index (χ1) is 13.7. The summed E-state index contributed by atoms with van der Waals surface area (Å²) in [6.07, 6.45) is 9.71. The number of benzene rings is 1. The van der Waals surface area contributed by atoms with Gasteiger partial charge in [-0.1, -0.05) is 18.0 Å². The van der Waals surface area contributed by atoms with Crippen LogP contribution in [0.5, 0.6) is 5.75 Å². The highest BCUT2D eigenvalue weighted by molar-refractivity contribution is 6.32. The summed E-state index contributed by atoms with van der Waals surface area (Å²) in [5.41, 5.74) is 0.795. The number of hydrogen-bond donors (Lipinski definition) is 0. The molecule has 7 heteroatoms. The van der Waals surface area contributed by atoms with Gasteiger partial charge in [0.1, 0.15) is 11.6 Å². The number of fused-ring (bicyclic) bond motifs is 1. The van der Waals surface area contributed by atoms with Crippen LogP contribution in [0.2, 0.25) is 5.02 Å². The van der Waals surface area contributed by atoms with Crippen LogP contribution >= 0.6 is 11.6 Å². The molecular formula is C21H26ClN5O. The molecule has 2 heterocycles. The predicted molar refractivity (Wildman–Crippen MR) is 113 cm³/mol. The molecule has 3 aromatic rings. The van der Waals surface area contributed by atoms with Gasteiger partial charge in [-0.25, -0.2) is 9.67 Å². The van der Waals surface area contributed by atoms with Crippen molar-refractivity contribution in [1.29, 1.82) is 0 Å². The smallest absolute Gasteiger partial charge is 0.253 e. The Labute approximate surface area is 170 Å². The van der Waals surface area contributed by atoms with Crippen LogP contribution in [0.3, 0.4) is 0 Å². The molecule has 1 fully saturated rings. The highest BCUT2D eigenvalue weighted by atomic mass is 35.5. The Morgan fingerprint density at radius 2 is 1.93 bits per heavy atom. The number of nitrogens with zero attached hydrogens (tertiary/aromatic N) is 5. The van der Waals surface area contributed by atoms with Gasteiger partial charge in [-0.3, -0.25) is 0 Å². The molecule has 28 heavy (non-hydrogen) atoms. The first-order valence-electron chi connectivity index (χ1n) is 10.1. The molecule has 0 amide bonds. The van der Waals surface area contributed by atoms with Crippen molar-refractivity contribution in [2.24, 2.45) is 0 Å². The fourth-order valence-corrected chi connectivity index (χ4v) is 4.01.